The van der Waals surface area contributed by atoms with E-state index in [0.29, 0.717) is 5.56 Å². The normalized spacial score (nSPS) is 13.8. The molecule has 1 aromatic rings. The van der Waals surface area contributed by atoms with E-state index >= 15 is 0 Å². The molecule has 0 radical (unpaired) electrons. The first-order valence-corrected chi connectivity index (χ1v) is 5.00. The van der Waals surface area contributed by atoms with Crippen LogP contribution in [0.4, 0.5) is 5.69 Å². The molecule has 4 nitrogen and oxygen atoms in total. The van der Waals surface area contributed by atoms with Crippen molar-refractivity contribution in [2.24, 2.45) is 4.99 Å². The van der Waals surface area contributed by atoms with Crippen LogP contribution in [0.25, 0.3) is 0 Å². The van der Waals surface area contributed by atoms with Crippen LogP contribution in [-0.4, -0.2) is 18.7 Å². The molecule has 2 rings (SSSR count). The number of hydrogen-bond acceptors (Lipinski definition) is 3. The van der Waals surface area contributed by atoms with Crippen LogP contribution in [-0.2, 0) is 6.42 Å². The summed E-state index contributed by atoms with van der Waals surface area (Å²) < 4.78 is 0. The van der Waals surface area contributed by atoms with Crippen molar-refractivity contribution in [3.8, 4) is 0 Å². The Morgan fingerprint density at radius 3 is 3.13 bits per heavy atom. The van der Waals surface area contributed by atoms with Crippen molar-refractivity contribution in [1.29, 1.82) is 0 Å². The summed E-state index contributed by atoms with van der Waals surface area (Å²) in [5.41, 5.74) is 8.77. The largest absolute Gasteiger partial charge is 0.322 e. The molecule has 2 N–H and O–H groups in total. The number of amides is 1. The van der Waals surface area contributed by atoms with Crippen molar-refractivity contribution >= 4 is 17.8 Å². The Labute approximate surface area is 88.4 Å². The number of fused-ring (bicyclic) bond motifs is 1. The highest BCUT2D eigenvalue weighted by atomic mass is 16.1. The molecule has 0 aromatic heterocycles. The van der Waals surface area contributed by atoms with Gasteiger partial charge in [0.2, 0.25) is 0 Å². The van der Waals surface area contributed by atoms with Crippen LogP contribution < -0.4 is 10.9 Å². The van der Waals surface area contributed by atoms with E-state index in [-0.39, 0.29) is 5.91 Å². The van der Waals surface area contributed by atoms with E-state index in [0.717, 1.165) is 24.2 Å². The molecule has 0 aliphatic carbocycles. The van der Waals surface area contributed by atoms with E-state index < -0.39 is 0 Å². The molecule has 1 amide bonds. The van der Waals surface area contributed by atoms with Gasteiger partial charge >= 0.3 is 0 Å². The van der Waals surface area contributed by atoms with Gasteiger partial charge in [0.1, 0.15) is 0 Å². The number of carbonyl (C=O) groups excluding carboxylic acids is 1. The zero-order valence-electron chi connectivity index (χ0n) is 8.58. The molecule has 1 heterocycles. The van der Waals surface area contributed by atoms with Gasteiger partial charge in [0.25, 0.3) is 5.91 Å². The van der Waals surface area contributed by atoms with Gasteiger partial charge in [-0.3, -0.25) is 4.79 Å². The molecular weight excluding hydrogens is 190 g/mol. The fraction of sp³-hybridized carbons (Fsp3) is 0.273. The van der Waals surface area contributed by atoms with Crippen molar-refractivity contribution in [3.05, 3.63) is 29.3 Å². The van der Waals surface area contributed by atoms with Gasteiger partial charge in [-0.15, -0.1) is 0 Å². The van der Waals surface area contributed by atoms with Crippen LogP contribution in [0.5, 0.6) is 0 Å². The van der Waals surface area contributed by atoms with E-state index in [2.05, 4.69) is 15.8 Å². The number of hydrazine groups is 1. The number of benzene rings is 1. The third-order valence-electron chi connectivity index (χ3n) is 2.26. The molecule has 0 atom stereocenters. The van der Waals surface area contributed by atoms with Gasteiger partial charge in [-0.05, 0) is 23.8 Å². The van der Waals surface area contributed by atoms with Crippen LogP contribution in [0, 0.1) is 0 Å². The van der Waals surface area contributed by atoms with Gasteiger partial charge in [0.05, 0.1) is 0 Å². The lowest BCUT2D eigenvalue weighted by atomic mass is 10.0. The molecule has 0 spiro atoms. The Kier molecular flexibility index (Phi) is 2.78. The molecular formula is C11H13N3O. The highest BCUT2D eigenvalue weighted by Crippen LogP contribution is 2.19. The van der Waals surface area contributed by atoms with Crippen LogP contribution in [0.2, 0.25) is 0 Å². The highest BCUT2D eigenvalue weighted by molar-refractivity contribution is 6.03. The summed E-state index contributed by atoms with van der Waals surface area (Å²) in [7, 11) is 0. The van der Waals surface area contributed by atoms with Crippen LogP contribution in [0.15, 0.2) is 23.2 Å². The molecule has 0 bridgehead atoms. The second-order valence-electron chi connectivity index (χ2n) is 3.35. The third kappa shape index (κ3) is 2.05. The number of nitrogens with zero attached hydrogens (tertiary/aromatic N) is 1. The standard InChI is InChI=1S/C11H13N3O/c1-2-13-14-9-3-4-10-8(7-9)5-6-12-11(10)15/h3-4,6-7,13-14H,2,5H2,1H3. The maximum absolute atomic E-state index is 11.4. The predicted molar refractivity (Wildman–Crippen MR) is 60.3 cm³/mol. The van der Waals surface area contributed by atoms with E-state index in [9.17, 15) is 4.79 Å². The summed E-state index contributed by atoms with van der Waals surface area (Å²) in [6.45, 7) is 2.86. The second-order valence-corrected chi connectivity index (χ2v) is 3.35. The smallest absolute Gasteiger partial charge is 0.276 e. The molecule has 1 aliphatic rings. The first-order valence-electron chi connectivity index (χ1n) is 5.00. The van der Waals surface area contributed by atoms with Gasteiger partial charge in [-0.1, -0.05) is 6.92 Å². The molecule has 0 saturated heterocycles. The summed E-state index contributed by atoms with van der Waals surface area (Å²) in [5, 5.41) is 0. The number of rotatable bonds is 3. The van der Waals surface area contributed by atoms with Gasteiger partial charge in [-0.2, -0.15) is 0 Å². The predicted octanol–water partition coefficient (Wildman–Crippen LogP) is 1.39. The van der Waals surface area contributed by atoms with Crippen molar-refractivity contribution < 1.29 is 4.79 Å². The maximum atomic E-state index is 11.4. The molecule has 78 valence electrons. The quantitative estimate of drug-likeness (QED) is 0.730. The fourth-order valence-corrected chi connectivity index (χ4v) is 1.54. The van der Waals surface area contributed by atoms with Crippen LogP contribution in [0.1, 0.15) is 22.8 Å². The summed E-state index contributed by atoms with van der Waals surface area (Å²) in [6.07, 6.45) is 2.38. The van der Waals surface area contributed by atoms with Gasteiger partial charge in [-0.25, -0.2) is 10.4 Å². The molecule has 15 heavy (non-hydrogen) atoms. The first kappa shape index (κ1) is 9.86. The zero-order chi connectivity index (χ0) is 10.7. The van der Waals surface area contributed by atoms with E-state index in [1.165, 1.54) is 0 Å². The third-order valence-corrected chi connectivity index (χ3v) is 2.26. The van der Waals surface area contributed by atoms with Crippen molar-refractivity contribution in [2.75, 3.05) is 12.0 Å². The minimum Gasteiger partial charge on any atom is -0.322 e. The Bertz CT molecular complexity index is 412. The summed E-state index contributed by atoms with van der Waals surface area (Å²) in [6, 6.07) is 5.66. The van der Waals surface area contributed by atoms with Crippen LogP contribution >= 0.6 is 0 Å². The fourth-order valence-electron chi connectivity index (χ4n) is 1.54. The number of carbonyl (C=O) groups is 1. The lowest BCUT2D eigenvalue weighted by molar-refractivity contribution is 0.100. The molecule has 1 aromatic carbocycles. The van der Waals surface area contributed by atoms with Gasteiger partial charge < -0.3 is 5.43 Å². The SMILES string of the molecule is CCNNc1ccc2c(c1)CC=NC2=O. The molecule has 0 saturated carbocycles. The summed E-state index contributed by atoms with van der Waals surface area (Å²) in [5.74, 6) is -0.147. The molecule has 1 aliphatic heterocycles. The maximum Gasteiger partial charge on any atom is 0.276 e. The highest BCUT2D eigenvalue weighted by Gasteiger charge is 2.13. The number of aliphatic imine (C=N–C) groups is 1. The van der Waals surface area contributed by atoms with Crippen molar-refractivity contribution in [3.63, 3.8) is 0 Å². The number of nitrogens with one attached hydrogen (secondary N) is 2. The molecule has 0 fully saturated rings. The van der Waals surface area contributed by atoms with Gasteiger partial charge in [0, 0.05) is 30.4 Å². The lowest BCUT2D eigenvalue weighted by Crippen LogP contribution is -2.21. The summed E-state index contributed by atoms with van der Waals surface area (Å²) in [4.78, 5) is 15.1. The molecule has 4 heteroatoms. The Morgan fingerprint density at radius 1 is 1.47 bits per heavy atom. The minimum absolute atomic E-state index is 0.147. The lowest BCUT2D eigenvalue weighted by Gasteiger charge is -2.12. The van der Waals surface area contributed by atoms with Gasteiger partial charge in [0.15, 0.2) is 0 Å². The average molecular weight is 203 g/mol. The van der Waals surface area contributed by atoms with E-state index in [1.807, 2.05) is 25.1 Å². The van der Waals surface area contributed by atoms with Crippen LogP contribution in [0.3, 0.4) is 0 Å². The molecule has 0 unspecified atom stereocenters. The minimum atomic E-state index is -0.147. The number of anilines is 1. The van der Waals surface area contributed by atoms with Crippen molar-refractivity contribution in [1.82, 2.24) is 5.43 Å². The van der Waals surface area contributed by atoms with E-state index in [4.69, 9.17) is 0 Å². The number of hydrogen-bond donors (Lipinski definition) is 2. The Morgan fingerprint density at radius 2 is 2.33 bits per heavy atom. The van der Waals surface area contributed by atoms with Crippen molar-refractivity contribution in [2.45, 2.75) is 13.3 Å². The Hall–Kier alpha value is -1.68. The van der Waals surface area contributed by atoms with E-state index in [1.54, 1.807) is 6.21 Å². The monoisotopic (exact) mass is 203 g/mol. The Balaban J connectivity index is 2.24. The average Bonchev–Trinajstić information content (AvgIpc) is 2.26. The first-order chi connectivity index (χ1) is 7.31. The second kappa shape index (κ2) is 4.23. The zero-order valence-corrected chi connectivity index (χ0v) is 8.58. The summed E-state index contributed by atoms with van der Waals surface area (Å²) >= 11 is 0. The topological polar surface area (TPSA) is 53.5 Å².